The van der Waals surface area contributed by atoms with Gasteiger partial charge in [-0.25, -0.2) is 4.79 Å². The van der Waals surface area contributed by atoms with E-state index in [0.29, 0.717) is 25.1 Å². The number of phenols is 1. The van der Waals surface area contributed by atoms with Crippen LogP contribution in [0.2, 0.25) is 0 Å². The molecule has 2 atom stereocenters. The Morgan fingerprint density at radius 2 is 2.19 bits per heavy atom. The van der Waals surface area contributed by atoms with Gasteiger partial charge in [0.25, 0.3) is 5.91 Å². The number of hydrogen-bond acceptors (Lipinski definition) is 7. The highest BCUT2D eigenvalue weighted by Gasteiger charge is 2.30. The van der Waals surface area contributed by atoms with Gasteiger partial charge >= 0.3 is 6.09 Å². The molecular formula is C21H26N4O6. The largest absolute Gasteiger partial charge is 0.507 e. The lowest BCUT2D eigenvalue weighted by Gasteiger charge is -2.12. The number of rotatable bonds is 9. The van der Waals surface area contributed by atoms with Crippen LogP contribution in [-0.2, 0) is 9.53 Å². The SMILES string of the molecule is CCCNC(=O)O[C@@H]1CC[C@H](c2cc(NC(=O)COc3cccc(O)c3C=O)n[nH]2)C1. The van der Waals surface area contributed by atoms with Crippen molar-refractivity contribution >= 4 is 24.1 Å². The van der Waals surface area contributed by atoms with Crippen molar-refractivity contribution < 1.29 is 29.0 Å². The summed E-state index contributed by atoms with van der Waals surface area (Å²) in [6.45, 7) is 2.21. The highest BCUT2D eigenvalue weighted by atomic mass is 16.6. The Balaban J connectivity index is 1.48. The molecule has 0 aliphatic heterocycles. The Morgan fingerprint density at radius 1 is 1.35 bits per heavy atom. The van der Waals surface area contributed by atoms with Gasteiger partial charge in [-0.1, -0.05) is 13.0 Å². The Morgan fingerprint density at radius 3 is 2.97 bits per heavy atom. The van der Waals surface area contributed by atoms with Gasteiger partial charge in [0.2, 0.25) is 0 Å². The van der Waals surface area contributed by atoms with Crippen LogP contribution in [0.15, 0.2) is 24.3 Å². The predicted octanol–water partition coefficient (Wildman–Crippen LogP) is 2.72. The Hall–Kier alpha value is -3.56. The first-order chi connectivity index (χ1) is 15.0. The summed E-state index contributed by atoms with van der Waals surface area (Å²) < 4.78 is 10.8. The monoisotopic (exact) mass is 430 g/mol. The number of anilines is 1. The summed E-state index contributed by atoms with van der Waals surface area (Å²) >= 11 is 0. The number of aromatic hydroxyl groups is 1. The smallest absolute Gasteiger partial charge is 0.407 e. The molecule has 2 aromatic rings. The fraction of sp³-hybridized carbons (Fsp3) is 0.429. The molecule has 1 aliphatic rings. The second-order valence-corrected chi connectivity index (χ2v) is 7.32. The molecule has 0 bridgehead atoms. The maximum atomic E-state index is 12.2. The van der Waals surface area contributed by atoms with Crippen LogP contribution in [0.4, 0.5) is 10.6 Å². The van der Waals surface area contributed by atoms with E-state index in [2.05, 4.69) is 20.8 Å². The lowest BCUT2D eigenvalue weighted by Crippen LogP contribution is -2.28. The molecule has 166 valence electrons. The van der Waals surface area contributed by atoms with Crippen molar-refractivity contribution in [2.75, 3.05) is 18.5 Å². The second-order valence-electron chi connectivity index (χ2n) is 7.32. The summed E-state index contributed by atoms with van der Waals surface area (Å²) in [6, 6.07) is 6.11. The Kier molecular flexibility index (Phi) is 7.47. The molecule has 1 aromatic carbocycles. The molecule has 10 nitrogen and oxygen atoms in total. The molecule has 1 heterocycles. The second kappa shape index (κ2) is 10.5. The number of aromatic nitrogens is 2. The van der Waals surface area contributed by atoms with Crippen molar-refractivity contribution in [3.05, 3.63) is 35.5 Å². The fourth-order valence-corrected chi connectivity index (χ4v) is 3.46. The van der Waals surface area contributed by atoms with Gasteiger partial charge < -0.3 is 25.2 Å². The van der Waals surface area contributed by atoms with E-state index in [0.717, 1.165) is 25.0 Å². The summed E-state index contributed by atoms with van der Waals surface area (Å²) in [5.74, 6) is -0.0566. The minimum Gasteiger partial charge on any atom is -0.507 e. The zero-order valence-corrected chi connectivity index (χ0v) is 17.2. The molecule has 10 heteroatoms. The summed E-state index contributed by atoms with van der Waals surface area (Å²) in [7, 11) is 0. The number of aromatic amines is 1. The first kappa shape index (κ1) is 22.1. The van der Waals surface area contributed by atoms with Crippen LogP contribution >= 0.6 is 0 Å². The molecule has 0 unspecified atom stereocenters. The van der Waals surface area contributed by atoms with Crippen LogP contribution in [0.5, 0.6) is 11.5 Å². The van der Waals surface area contributed by atoms with E-state index in [-0.39, 0.29) is 35.7 Å². The minimum absolute atomic E-state index is 0.0151. The third-order valence-corrected chi connectivity index (χ3v) is 5.00. The maximum absolute atomic E-state index is 12.2. The average molecular weight is 430 g/mol. The van der Waals surface area contributed by atoms with Crippen molar-refractivity contribution in [1.29, 1.82) is 0 Å². The highest BCUT2D eigenvalue weighted by Crippen LogP contribution is 2.35. The third-order valence-electron chi connectivity index (χ3n) is 5.00. The van der Waals surface area contributed by atoms with Crippen molar-refractivity contribution in [2.45, 2.75) is 44.6 Å². The lowest BCUT2D eigenvalue weighted by atomic mass is 10.0. The van der Waals surface area contributed by atoms with Crippen LogP contribution in [0.1, 0.15) is 54.6 Å². The van der Waals surface area contributed by atoms with E-state index in [1.165, 1.54) is 18.2 Å². The number of alkyl carbamates (subject to hydrolysis) is 1. The summed E-state index contributed by atoms with van der Waals surface area (Å²) in [5.41, 5.74) is 0.839. The van der Waals surface area contributed by atoms with Gasteiger partial charge in [0.05, 0.1) is 5.56 Å². The molecule has 1 saturated carbocycles. The van der Waals surface area contributed by atoms with Crippen molar-refractivity contribution in [3.63, 3.8) is 0 Å². The number of nitrogens with zero attached hydrogens (tertiary/aromatic N) is 1. The van der Waals surface area contributed by atoms with Crippen molar-refractivity contribution in [1.82, 2.24) is 15.5 Å². The molecule has 1 fully saturated rings. The molecule has 31 heavy (non-hydrogen) atoms. The van der Waals surface area contributed by atoms with Gasteiger partial charge in [0.15, 0.2) is 18.7 Å². The number of H-pyrrole nitrogens is 1. The number of hydrogen-bond donors (Lipinski definition) is 4. The van der Waals surface area contributed by atoms with E-state index < -0.39 is 12.0 Å². The van der Waals surface area contributed by atoms with Crippen LogP contribution in [0.25, 0.3) is 0 Å². The van der Waals surface area contributed by atoms with Crippen molar-refractivity contribution in [2.24, 2.45) is 0 Å². The minimum atomic E-state index is -0.460. The van der Waals surface area contributed by atoms with E-state index >= 15 is 0 Å². The molecule has 4 N–H and O–H groups in total. The number of ether oxygens (including phenoxy) is 2. The van der Waals surface area contributed by atoms with Crippen LogP contribution in [-0.4, -0.2) is 52.8 Å². The number of benzene rings is 1. The molecule has 1 aromatic heterocycles. The normalized spacial score (nSPS) is 17.7. The standard InChI is InChI=1S/C21H26N4O6/c1-2-8-22-21(29)31-14-7-6-13(9-14)16-10-19(25-24-16)23-20(28)12-30-18-5-3-4-17(27)15(18)11-26/h3-5,10-11,13-14,27H,2,6-9,12H2,1H3,(H,22,29)(H2,23,24,25,28)/t13-,14+/m0/s1. The predicted molar refractivity (Wildman–Crippen MR) is 111 cm³/mol. The number of carbonyl (C=O) groups is 3. The van der Waals surface area contributed by atoms with Crippen LogP contribution in [0.3, 0.4) is 0 Å². The Bertz CT molecular complexity index is 928. The van der Waals surface area contributed by atoms with E-state index in [1.54, 1.807) is 6.07 Å². The third kappa shape index (κ3) is 5.97. The van der Waals surface area contributed by atoms with Gasteiger partial charge in [-0.3, -0.25) is 14.7 Å². The Labute approximate surface area is 179 Å². The number of amides is 2. The topological polar surface area (TPSA) is 143 Å². The number of aldehydes is 1. The fourth-order valence-electron chi connectivity index (χ4n) is 3.46. The first-order valence-corrected chi connectivity index (χ1v) is 10.2. The van der Waals surface area contributed by atoms with Crippen LogP contribution < -0.4 is 15.4 Å². The molecule has 2 amide bonds. The molecule has 1 aliphatic carbocycles. The highest BCUT2D eigenvalue weighted by molar-refractivity contribution is 5.91. The molecular weight excluding hydrogens is 404 g/mol. The lowest BCUT2D eigenvalue weighted by molar-refractivity contribution is -0.118. The maximum Gasteiger partial charge on any atom is 0.407 e. The van der Waals surface area contributed by atoms with E-state index in [4.69, 9.17) is 9.47 Å². The zero-order valence-electron chi connectivity index (χ0n) is 17.2. The summed E-state index contributed by atoms with van der Waals surface area (Å²) in [5, 5.41) is 22.0. The number of carbonyl (C=O) groups excluding carboxylic acids is 3. The number of nitrogens with one attached hydrogen (secondary N) is 3. The van der Waals surface area contributed by atoms with Gasteiger partial charge in [-0.05, 0) is 37.8 Å². The number of phenolic OH excluding ortho intramolecular Hbond substituents is 1. The average Bonchev–Trinajstić information content (AvgIpc) is 3.40. The quantitative estimate of drug-likeness (QED) is 0.448. The zero-order chi connectivity index (χ0) is 22.2. The van der Waals surface area contributed by atoms with Gasteiger partial charge in [-0.2, -0.15) is 5.10 Å². The van der Waals surface area contributed by atoms with Crippen molar-refractivity contribution in [3.8, 4) is 11.5 Å². The molecule has 0 radical (unpaired) electrons. The van der Waals surface area contributed by atoms with Gasteiger partial charge in [0.1, 0.15) is 17.6 Å². The first-order valence-electron chi connectivity index (χ1n) is 10.2. The van der Waals surface area contributed by atoms with Gasteiger partial charge in [-0.15, -0.1) is 0 Å². The van der Waals surface area contributed by atoms with Crippen LogP contribution in [0, 0.1) is 0 Å². The molecule has 3 rings (SSSR count). The van der Waals surface area contributed by atoms with Gasteiger partial charge in [0, 0.05) is 24.2 Å². The van der Waals surface area contributed by atoms with E-state index in [1.807, 2.05) is 6.92 Å². The summed E-state index contributed by atoms with van der Waals surface area (Å²) in [6.07, 6.45) is 3.07. The molecule has 0 spiro atoms. The van der Waals surface area contributed by atoms with E-state index in [9.17, 15) is 19.5 Å². The summed E-state index contributed by atoms with van der Waals surface area (Å²) in [4.78, 5) is 34.9. The molecule has 0 saturated heterocycles.